The van der Waals surface area contributed by atoms with Crippen LogP contribution in [0.3, 0.4) is 0 Å². The predicted octanol–water partition coefficient (Wildman–Crippen LogP) is 4.75. The lowest BCUT2D eigenvalue weighted by Crippen LogP contribution is -2.60. The first-order chi connectivity index (χ1) is 9.93. The minimum Gasteiger partial charge on any atom is -0.297 e. The van der Waals surface area contributed by atoms with E-state index in [1.54, 1.807) is 0 Å². The Bertz CT molecular complexity index is 404. The summed E-state index contributed by atoms with van der Waals surface area (Å²) in [6, 6.07) is 0. The van der Waals surface area contributed by atoms with Crippen LogP contribution in [0.15, 0.2) is 0 Å². The van der Waals surface area contributed by atoms with Crippen molar-refractivity contribution < 1.29 is 9.63 Å². The quantitative estimate of drug-likeness (QED) is 0.737. The average molecular weight is 309 g/mol. The van der Waals surface area contributed by atoms with E-state index in [9.17, 15) is 4.79 Å². The molecule has 1 aliphatic carbocycles. The smallest absolute Gasteiger partial charge is 0.163 e. The van der Waals surface area contributed by atoms with E-state index >= 15 is 0 Å². The molecule has 0 aromatic heterocycles. The highest BCUT2D eigenvalue weighted by atomic mass is 16.7. The van der Waals surface area contributed by atoms with Crippen LogP contribution >= 0.6 is 0 Å². The Balaban J connectivity index is 2.14. The number of hydroxylamine groups is 2. The van der Waals surface area contributed by atoms with Crippen molar-refractivity contribution in [2.45, 2.75) is 104 Å². The average Bonchev–Trinajstić information content (AvgIpc) is 2.33. The van der Waals surface area contributed by atoms with Crippen molar-refractivity contribution in [3.05, 3.63) is 0 Å². The van der Waals surface area contributed by atoms with Gasteiger partial charge in [-0.15, -0.1) is 0 Å². The van der Waals surface area contributed by atoms with Crippen LogP contribution in [0.25, 0.3) is 0 Å². The molecule has 0 unspecified atom stereocenters. The summed E-state index contributed by atoms with van der Waals surface area (Å²) in [4.78, 5) is 18.8. The number of hydrogen-bond donors (Lipinski definition) is 0. The van der Waals surface area contributed by atoms with Crippen LogP contribution in [0.4, 0.5) is 0 Å². The summed E-state index contributed by atoms with van der Waals surface area (Å²) in [5.74, 6) is 0.851. The first-order valence-electron chi connectivity index (χ1n) is 8.93. The molecule has 2 rings (SSSR count). The first-order valence-corrected chi connectivity index (χ1v) is 8.93. The van der Waals surface area contributed by atoms with Gasteiger partial charge in [-0.3, -0.25) is 9.63 Å². The van der Waals surface area contributed by atoms with Gasteiger partial charge >= 0.3 is 0 Å². The second kappa shape index (κ2) is 5.90. The molecule has 1 saturated carbocycles. The van der Waals surface area contributed by atoms with E-state index < -0.39 is 0 Å². The summed E-state index contributed by atoms with van der Waals surface area (Å²) < 4.78 is 0. The molecule has 0 spiro atoms. The van der Waals surface area contributed by atoms with Gasteiger partial charge in [0.1, 0.15) is 6.10 Å². The highest BCUT2D eigenvalue weighted by Gasteiger charge is 2.46. The van der Waals surface area contributed by atoms with E-state index in [2.05, 4.69) is 53.5 Å². The monoisotopic (exact) mass is 309 g/mol. The minimum absolute atomic E-state index is 0.00327. The lowest BCUT2D eigenvalue weighted by Gasteiger charge is -2.53. The Labute approximate surface area is 136 Å². The van der Waals surface area contributed by atoms with Crippen molar-refractivity contribution in [3.63, 3.8) is 0 Å². The Morgan fingerprint density at radius 1 is 1.09 bits per heavy atom. The van der Waals surface area contributed by atoms with Gasteiger partial charge in [-0.2, -0.15) is 5.06 Å². The zero-order valence-corrected chi connectivity index (χ0v) is 15.7. The summed E-state index contributed by atoms with van der Waals surface area (Å²) in [6.45, 7) is 15.8. The van der Waals surface area contributed by atoms with Crippen LogP contribution in [0.1, 0.15) is 87.0 Å². The standard InChI is InChI=1S/C19H35NO2/c1-17(2,3)14-9-10-15(21)16(13-14)22-20-18(4,5)11-8-12-19(20,6)7/h14,16H,8-13H2,1-7H3/t14-,16+/m0/s1. The maximum atomic E-state index is 12.4. The van der Waals surface area contributed by atoms with Gasteiger partial charge in [-0.05, 0) is 71.1 Å². The number of rotatable bonds is 2. The minimum atomic E-state index is -0.255. The van der Waals surface area contributed by atoms with Crippen molar-refractivity contribution in [1.29, 1.82) is 0 Å². The summed E-state index contributed by atoms with van der Waals surface area (Å²) in [5.41, 5.74) is 0.239. The number of carbonyl (C=O) groups is 1. The molecule has 3 heteroatoms. The molecular weight excluding hydrogens is 274 g/mol. The van der Waals surface area contributed by atoms with Crippen molar-refractivity contribution >= 4 is 5.78 Å². The normalized spacial score (nSPS) is 33.0. The van der Waals surface area contributed by atoms with E-state index in [1.807, 2.05) is 0 Å². The topological polar surface area (TPSA) is 29.5 Å². The molecule has 22 heavy (non-hydrogen) atoms. The largest absolute Gasteiger partial charge is 0.297 e. The van der Waals surface area contributed by atoms with Crippen LogP contribution in [0.2, 0.25) is 0 Å². The van der Waals surface area contributed by atoms with Gasteiger partial charge in [-0.25, -0.2) is 0 Å². The van der Waals surface area contributed by atoms with Crippen molar-refractivity contribution in [3.8, 4) is 0 Å². The Morgan fingerprint density at radius 2 is 1.64 bits per heavy atom. The van der Waals surface area contributed by atoms with Gasteiger partial charge in [0.05, 0.1) is 0 Å². The number of hydrogen-bond acceptors (Lipinski definition) is 3. The van der Waals surface area contributed by atoms with Crippen LogP contribution < -0.4 is 0 Å². The van der Waals surface area contributed by atoms with E-state index in [-0.39, 0.29) is 28.4 Å². The van der Waals surface area contributed by atoms with Crippen molar-refractivity contribution in [2.24, 2.45) is 11.3 Å². The fraction of sp³-hybridized carbons (Fsp3) is 0.947. The molecule has 1 saturated heterocycles. The first kappa shape index (κ1) is 17.9. The van der Waals surface area contributed by atoms with Crippen molar-refractivity contribution in [2.75, 3.05) is 0 Å². The van der Waals surface area contributed by atoms with Crippen LogP contribution in [0.5, 0.6) is 0 Å². The molecule has 0 radical (unpaired) electrons. The molecule has 3 nitrogen and oxygen atoms in total. The molecule has 0 amide bonds. The molecule has 128 valence electrons. The summed E-state index contributed by atoms with van der Waals surface area (Å²) in [6.07, 6.45) is 5.76. The highest BCUT2D eigenvalue weighted by molar-refractivity contribution is 5.83. The fourth-order valence-electron chi connectivity index (χ4n) is 4.26. The molecule has 0 N–H and O–H groups in total. The van der Waals surface area contributed by atoms with Gasteiger partial charge in [-0.1, -0.05) is 20.8 Å². The zero-order valence-electron chi connectivity index (χ0n) is 15.7. The number of ketones is 1. The summed E-state index contributed by atoms with van der Waals surface area (Å²) in [5, 5.41) is 2.15. The predicted molar refractivity (Wildman–Crippen MR) is 90.5 cm³/mol. The van der Waals surface area contributed by atoms with Gasteiger partial charge in [0.25, 0.3) is 0 Å². The zero-order chi connectivity index (χ0) is 16.8. The molecule has 2 atom stereocenters. The van der Waals surface area contributed by atoms with Gasteiger partial charge in [0, 0.05) is 17.5 Å². The molecule has 1 heterocycles. The summed E-state index contributed by atoms with van der Waals surface area (Å²) >= 11 is 0. The Morgan fingerprint density at radius 3 is 2.14 bits per heavy atom. The van der Waals surface area contributed by atoms with E-state index in [0.717, 1.165) is 25.7 Å². The molecule has 0 aromatic rings. The molecular formula is C19H35NO2. The molecule has 1 aliphatic heterocycles. The van der Waals surface area contributed by atoms with Crippen LogP contribution in [-0.2, 0) is 9.63 Å². The van der Waals surface area contributed by atoms with Crippen molar-refractivity contribution in [1.82, 2.24) is 5.06 Å². The molecule has 2 fully saturated rings. The van der Waals surface area contributed by atoms with E-state index in [0.29, 0.717) is 12.3 Å². The number of Topliss-reactive ketones (excluding diaryl/α,β-unsaturated/α-hetero) is 1. The number of piperidine rings is 1. The molecule has 2 aliphatic rings. The van der Waals surface area contributed by atoms with Gasteiger partial charge in [0.2, 0.25) is 0 Å². The fourth-order valence-corrected chi connectivity index (χ4v) is 4.26. The second-order valence-corrected chi connectivity index (χ2v) is 9.67. The van der Waals surface area contributed by atoms with Gasteiger partial charge in [0.15, 0.2) is 5.78 Å². The third-order valence-corrected chi connectivity index (χ3v) is 5.73. The maximum Gasteiger partial charge on any atom is 0.163 e. The van der Waals surface area contributed by atoms with Crippen LogP contribution in [-0.4, -0.2) is 28.0 Å². The molecule has 0 bridgehead atoms. The third-order valence-electron chi connectivity index (χ3n) is 5.73. The second-order valence-electron chi connectivity index (χ2n) is 9.67. The Kier molecular flexibility index (Phi) is 4.81. The lowest BCUT2D eigenvalue weighted by molar-refractivity contribution is -0.302. The number of nitrogens with zero attached hydrogens (tertiary/aromatic N) is 1. The third kappa shape index (κ3) is 3.73. The Hall–Kier alpha value is -0.410. The van der Waals surface area contributed by atoms with E-state index in [4.69, 9.17) is 4.84 Å². The maximum absolute atomic E-state index is 12.4. The van der Waals surface area contributed by atoms with E-state index in [1.165, 1.54) is 6.42 Å². The highest BCUT2D eigenvalue weighted by Crippen LogP contribution is 2.42. The van der Waals surface area contributed by atoms with Gasteiger partial charge < -0.3 is 0 Å². The lowest BCUT2D eigenvalue weighted by atomic mass is 9.71. The molecule has 0 aromatic carbocycles. The number of carbonyl (C=O) groups excluding carboxylic acids is 1. The van der Waals surface area contributed by atoms with Crippen LogP contribution in [0, 0.1) is 11.3 Å². The summed E-state index contributed by atoms with van der Waals surface area (Å²) in [7, 11) is 0. The SMILES string of the molecule is CC(C)(C)[C@H]1CCC(=O)[C@H](ON2C(C)(C)CCCC2(C)C)C1.